The summed E-state index contributed by atoms with van der Waals surface area (Å²) in [5.74, 6) is 4.59. The zero-order valence-electron chi connectivity index (χ0n) is 15.2. The highest BCUT2D eigenvalue weighted by Gasteiger charge is 2.58. The molecule has 4 fully saturated rings. The lowest BCUT2D eigenvalue weighted by molar-refractivity contribution is -0.112. The molecule has 23 heavy (non-hydrogen) atoms. The summed E-state index contributed by atoms with van der Waals surface area (Å²) in [7, 11) is 0. The van der Waals surface area contributed by atoms with Gasteiger partial charge >= 0.3 is 0 Å². The van der Waals surface area contributed by atoms with Crippen LogP contribution in [0.2, 0.25) is 0 Å². The van der Waals surface area contributed by atoms with Gasteiger partial charge in [0, 0.05) is 5.38 Å². The summed E-state index contributed by atoms with van der Waals surface area (Å²) in [6.45, 7) is 9.27. The second-order valence-electron chi connectivity index (χ2n) is 9.98. The van der Waals surface area contributed by atoms with Crippen LogP contribution in [0.3, 0.4) is 0 Å². The van der Waals surface area contributed by atoms with E-state index >= 15 is 0 Å². The fraction of sp³-hybridized carbons (Fsp3) is 0.909. The number of fused-ring (bicyclic) bond motifs is 5. The van der Waals surface area contributed by atoms with Crippen molar-refractivity contribution in [3.8, 4) is 0 Å². The summed E-state index contributed by atoms with van der Waals surface area (Å²) in [4.78, 5) is 0. The molecular formula is C22H35Cl. The van der Waals surface area contributed by atoms with Gasteiger partial charge in [-0.25, -0.2) is 0 Å². The van der Waals surface area contributed by atoms with Crippen molar-refractivity contribution in [1.29, 1.82) is 0 Å². The molecule has 4 rings (SSSR count). The standard InChI is InChI=1S/C22H35Cl/c1-4-6-15-14-22(3)16(13-20(15)23)8-9-17-18-7-5-11-21(18,2)12-10-19(17)22/h4,15-20H,1,5-14H2,2-3H3/t15-,16+,17+,18+,19+,20?,21+,22+/m1/s1. The number of halogens is 1. The zero-order chi connectivity index (χ0) is 16.2. The molecule has 0 aromatic heterocycles. The zero-order valence-corrected chi connectivity index (χ0v) is 16.0. The van der Waals surface area contributed by atoms with Crippen LogP contribution in [0.1, 0.15) is 78.1 Å². The summed E-state index contributed by atoms with van der Waals surface area (Å²) in [6, 6.07) is 0. The minimum atomic E-state index is 0.392. The van der Waals surface area contributed by atoms with E-state index in [1.54, 1.807) is 0 Å². The third kappa shape index (κ3) is 2.45. The van der Waals surface area contributed by atoms with Gasteiger partial charge < -0.3 is 0 Å². The molecular weight excluding hydrogens is 300 g/mol. The van der Waals surface area contributed by atoms with Crippen molar-refractivity contribution in [2.24, 2.45) is 40.4 Å². The Hall–Kier alpha value is 0.0300. The first kappa shape index (κ1) is 16.5. The smallest absolute Gasteiger partial charge is 0.0370 e. The number of allylic oxidation sites excluding steroid dienone is 1. The summed E-state index contributed by atoms with van der Waals surface area (Å²) in [6.07, 6.45) is 16.3. The molecule has 1 heteroatoms. The van der Waals surface area contributed by atoms with Crippen LogP contribution in [0.25, 0.3) is 0 Å². The second kappa shape index (κ2) is 5.79. The van der Waals surface area contributed by atoms with E-state index in [0.29, 0.717) is 22.1 Å². The molecule has 0 bridgehead atoms. The van der Waals surface area contributed by atoms with Crippen LogP contribution in [-0.4, -0.2) is 5.38 Å². The van der Waals surface area contributed by atoms with E-state index in [-0.39, 0.29) is 0 Å². The Bertz CT molecular complexity index is 471. The molecule has 4 aliphatic carbocycles. The van der Waals surface area contributed by atoms with Crippen molar-refractivity contribution >= 4 is 11.6 Å². The molecule has 4 saturated carbocycles. The normalized spacial score (nSPS) is 55.6. The third-order valence-electron chi connectivity index (χ3n) is 9.04. The molecule has 8 atom stereocenters. The Balaban J connectivity index is 1.61. The first-order chi connectivity index (χ1) is 11.0. The molecule has 0 radical (unpaired) electrons. The van der Waals surface area contributed by atoms with Crippen LogP contribution in [0, 0.1) is 40.4 Å². The second-order valence-corrected chi connectivity index (χ2v) is 10.5. The average molecular weight is 335 g/mol. The predicted molar refractivity (Wildman–Crippen MR) is 99.7 cm³/mol. The van der Waals surface area contributed by atoms with Crippen molar-refractivity contribution in [2.45, 2.75) is 83.4 Å². The van der Waals surface area contributed by atoms with E-state index in [1.165, 1.54) is 57.8 Å². The maximum atomic E-state index is 6.78. The first-order valence-corrected chi connectivity index (χ1v) is 10.7. The largest absolute Gasteiger partial charge is 0.123 e. The van der Waals surface area contributed by atoms with Crippen LogP contribution in [0.5, 0.6) is 0 Å². The van der Waals surface area contributed by atoms with E-state index in [0.717, 1.165) is 30.1 Å². The Labute approximate surface area is 148 Å². The fourth-order valence-electron chi connectivity index (χ4n) is 7.84. The van der Waals surface area contributed by atoms with Gasteiger partial charge in [0.1, 0.15) is 0 Å². The van der Waals surface area contributed by atoms with Crippen molar-refractivity contribution in [3.63, 3.8) is 0 Å². The van der Waals surface area contributed by atoms with Gasteiger partial charge in [0.2, 0.25) is 0 Å². The van der Waals surface area contributed by atoms with E-state index in [1.807, 2.05) is 0 Å². The molecule has 130 valence electrons. The first-order valence-electron chi connectivity index (χ1n) is 10.2. The van der Waals surface area contributed by atoms with Gasteiger partial charge in [0.15, 0.2) is 0 Å². The highest BCUT2D eigenvalue weighted by atomic mass is 35.5. The highest BCUT2D eigenvalue weighted by Crippen LogP contribution is 2.67. The third-order valence-corrected chi connectivity index (χ3v) is 9.57. The van der Waals surface area contributed by atoms with Gasteiger partial charge in [-0.3, -0.25) is 0 Å². The average Bonchev–Trinajstić information content (AvgIpc) is 2.91. The lowest BCUT2D eigenvalue weighted by Gasteiger charge is -2.61. The Morgan fingerprint density at radius 1 is 1.09 bits per heavy atom. The Kier molecular flexibility index (Phi) is 4.15. The van der Waals surface area contributed by atoms with Gasteiger partial charge in [-0.15, -0.1) is 18.2 Å². The molecule has 0 heterocycles. The van der Waals surface area contributed by atoms with Crippen molar-refractivity contribution < 1.29 is 0 Å². The van der Waals surface area contributed by atoms with Crippen molar-refractivity contribution in [3.05, 3.63) is 12.7 Å². The quantitative estimate of drug-likeness (QED) is 0.383. The number of alkyl halides is 1. The topological polar surface area (TPSA) is 0 Å². The number of hydrogen-bond acceptors (Lipinski definition) is 0. The van der Waals surface area contributed by atoms with Gasteiger partial charge in [-0.1, -0.05) is 26.3 Å². The molecule has 0 aromatic carbocycles. The van der Waals surface area contributed by atoms with Crippen molar-refractivity contribution in [1.82, 2.24) is 0 Å². The molecule has 0 aliphatic heterocycles. The van der Waals surface area contributed by atoms with E-state index in [4.69, 9.17) is 11.6 Å². The summed E-state index contributed by atoms with van der Waals surface area (Å²) in [5.41, 5.74) is 1.25. The van der Waals surface area contributed by atoms with Crippen LogP contribution in [-0.2, 0) is 0 Å². The predicted octanol–water partition coefficient (Wildman–Crippen LogP) is 6.83. The maximum Gasteiger partial charge on any atom is 0.0370 e. The Morgan fingerprint density at radius 2 is 1.91 bits per heavy atom. The molecule has 4 aliphatic rings. The van der Waals surface area contributed by atoms with E-state index in [2.05, 4.69) is 26.5 Å². The summed E-state index contributed by atoms with van der Waals surface area (Å²) >= 11 is 6.78. The monoisotopic (exact) mass is 334 g/mol. The molecule has 0 amide bonds. The van der Waals surface area contributed by atoms with Crippen LogP contribution < -0.4 is 0 Å². The molecule has 0 spiro atoms. The fourth-order valence-corrected chi connectivity index (χ4v) is 8.24. The summed E-state index contributed by atoms with van der Waals surface area (Å²) < 4.78 is 0. The molecule has 0 N–H and O–H groups in total. The Morgan fingerprint density at radius 3 is 2.70 bits per heavy atom. The highest BCUT2D eigenvalue weighted by molar-refractivity contribution is 6.20. The molecule has 0 saturated heterocycles. The lowest BCUT2D eigenvalue weighted by Crippen LogP contribution is -2.54. The van der Waals surface area contributed by atoms with Crippen LogP contribution >= 0.6 is 11.6 Å². The summed E-state index contributed by atoms with van der Waals surface area (Å²) in [5, 5.41) is 0.392. The van der Waals surface area contributed by atoms with Crippen LogP contribution in [0.4, 0.5) is 0 Å². The SMILES string of the molecule is C=CC[C@@H]1C[C@@]2(C)[C@@H](CC[C@H]3[C@@H]4CCC[C@@]4(C)CC[C@@H]32)CC1Cl. The molecule has 0 aromatic rings. The van der Waals surface area contributed by atoms with Gasteiger partial charge in [-0.05, 0) is 98.2 Å². The van der Waals surface area contributed by atoms with E-state index < -0.39 is 0 Å². The lowest BCUT2D eigenvalue weighted by atomic mass is 9.44. The maximum absolute atomic E-state index is 6.78. The number of rotatable bonds is 2. The van der Waals surface area contributed by atoms with Gasteiger partial charge in [-0.2, -0.15) is 0 Å². The number of hydrogen-bond donors (Lipinski definition) is 0. The molecule has 0 nitrogen and oxygen atoms in total. The van der Waals surface area contributed by atoms with E-state index in [9.17, 15) is 0 Å². The van der Waals surface area contributed by atoms with Gasteiger partial charge in [0.05, 0.1) is 0 Å². The minimum absolute atomic E-state index is 0.392. The minimum Gasteiger partial charge on any atom is -0.123 e. The van der Waals surface area contributed by atoms with Crippen LogP contribution in [0.15, 0.2) is 12.7 Å². The van der Waals surface area contributed by atoms with Gasteiger partial charge in [0.25, 0.3) is 0 Å². The van der Waals surface area contributed by atoms with Crippen molar-refractivity contribution in [2.75, 3.05) is 0 Å². The molecule has 1 unspecified atom stereocenters.